The summed E-state index contributed by atoms with van der Waals surface area (Å²) in [6.45, 7) is 0.885. The summed E-state index contributed by atoms with van der Waals surface area (Å²) < 4.78 is 0.966. The maximum absolute atomic E-state index is 6.02. The molecule has 0 bridgehead atoms. The van der Waals surface area contributed by atoms with Gasteiger partial charge >= 0.3 is 0 Å². The van der Waals surface area contributed by atoms with Crippen LogP contribution >= 0.6 is 38.9 Å². The molecule has 0 aliphatic heterocycles. The Morgan fingerprint density at radius 1 is 1.37 bits per heavy atom. The number of hydrogen-bond donors (Lipinski definition) is 1. The molecule has 19 heavy (non-hydrogen) atoms. The fraction of sp³-hybridized carbons (Fsp3) is 0.333. The van der Waals surface area contributed by atoms with Crippen LogP contribution in [-0.2, 0) is 13.0 Å². The molecule has 0 fully saturated rings. The Bertz CT molecular complexity index is 581. The predicted octanol–water partition coefficient (Wildman–Crippen LogP) is 5.33. The molecule has 1 aliphatic rings. The van der Waals surface area contributed by atoms with Gasteiger partial charge in [-0.1, -0.05) is 17.7 Å². The van der Waals surface area contributed by atoms with Crippen LogP contribution < -0.4 is 5.32 Å². The van der Waals surface area contributed by atoms with Gasteiger partial charge in [0.05, 0.1) is 5.02 Å². The molecule has 1 N–H and O–H groups in total. The molecule has 4 heteroatoms. The number of aryl methyl sites for hydroxylation is 1. The summed E-state index contributed by atoms with van der Waals surface area (Å²) in [6, 6.07) is 8.89. The van der Waals surface area contributed by atoms with Crippen LogP contribution in [0.3, 0.4) is 0 Å². The van der Waals surface area contributed by atoms with E-state index >= 15 is 0 Å². The van der Waals surface area contributed by atoms with E-state index in [9.17, 15) is 0 Å². The van der Waals surface area contributed by atoms with Crippen molar-refractivity contribution in [3.8, 4) is 0 Å². The van der Waals surface area contributed by atoms with E-state index in [1.54, 1.807) is 4.88 Å². The predicted molar refractivity (Wildman–Crippen MR) is 86.0 cm³/mol. The molecule has 1 aromatic carbocycles. The van der Waals surface area contributed by atoms with Gasteiger partial charge in [-0.05, 0) is 69.9 Å². The molecular formula is C15H15BrClNS. The summed E-state index contributed by atoms with van der Waals surface area (Å²) in [6.07, 6.45) is 3.77. The molecule has 2 aromatic rings. The van der Waals surface area contributed by atoms with Crippen molar-refractivity contribution in [2.45, 2.75) is 31.8 Å². The first kappa shape index (κ1) is 13.6. The summed E-state index contributed by atoms with van der Waals surface area (Å²) in [5.41, 5.74) is 2.77. The third-order valence-corrected chi connectivity index (χ3v) is 5.80. The highest BCUT2D eigenvalue weighted by Crippen LogP contribution is 2.33. The summed E-state index contributed by atoms with van der Waals surface area (Å²) in [5.74, 6) is 0. The van der Waals surface area contributed by atoms with E-state index in [2.05, 4.69) is 44.8 Å². The highest BCUT2D eigenvalue weighted by molar-refractivity contribution is 9.10. The minimum Gasteiger partial charge on any atom is -0.306 e. The molecule has 1 heterocycles. The van der Waals surface area contributed by atoms with Gasteiger partial charge in [-0.2, -0.15) is 0 Å². The maximum Gasteiger partial charge on any atom is 0.0548 e. The van der Waals surface area contributed by atoms with Crippen LogP contribution in [0.5, 0.6) is 0 Å². The lowest BCUT2D eigenvalue weighted by atomic mass is 9.94. The molecule has 1 nitrogen and oxygen atoms in total. The zero-order valence-corrected chi connectivity index (χ0v) is 13.6. The molecule has 0 spiro atoms. The van der Waals surface area contributed by atoms with Gasteiger partial charge in [0.25, 0.3) is 0 Å². The van der Waals surface area contributed by atoms with Gasteiger partial charge in [-0.25, -0.2) is 0 Å². The second kappa shape index (κ2) is 5.96. The molecule has 1 aliphatic carbocycles. The first-order chi connectivity index (χ1) is 9.24. The maximum atomic E-state index is 6.02. The number of thiophene rings is 1. The minimum absolute atomic E-state index is 0.504. The van der Waals surface area contributed by atoms with Crippen molar-refractivity contribution >= 4 is 38.9 Å². The molecule has 0 radical (unpaired) electrons. The number of halogens is 2. The number of hydrogen-bond acceptors (Lipinski definition) is 2. The van der Waals surface area contributed by atoms with Gasteiger partial charge in [0.15, 0.2) is 0 Å². The standard InChI is InChI=1S/C15H15BrClNS/c16-12-8-10(4-5-13(12)17)9-18-14-2-1-3-15-11(14)6-7-19-15/h4-8,14,18H,1-3,9H2. The molecule has 3 rings (SSSR count). The lowest BCUT2D eigenvalue weighted by Crippen LogP contribution is -2.23. The normalized spacial score (nSPS) is 18.3. The van der Waals surface area contributed by atoms with Crippen molar-refractivity contribution in [2.75, 3.05) is 0 Å². The van der Waals surface area contributed by atoms with Crippen LogP contribution in [0.25, 0.3) is 0 Å². The smallest absolute Gasteiger partial charge is 0.0548 e. The summed E-state index contributed by atoms with van der Waals surface area (Å²) in [5, 5.41) is 6.65. The molecule has 1 aromatic heterocycles. The zero-order valence-electron chi connectivity index (χ0n) is 10.5. The SMILES string of the molecule is Clc1ccc(CNC2CCCc3sccc32)cc1Br. The van der Waals surface area contributed by atoms with Crippen LogP contribution in [0.2, 0.25) is 5.02 Å². The second-order valence-electron chi connectivity index (χ2n) is 4.87. The Balaban J connectivity index is 1.69. The molecule has 0 saturated heterocycles. The van der Waals surface area contributed by atoms with E-state index in [1.165, 1.54) is 30.4 Å². The number of fused-ring (bicyclic) bond motifs is 1. The van der Waals surface area contributed by atoms with E-state index in [0.29, 0.717) is 6.04 Å². The molecule has 0 amide bonds. The third kappa shape index (κ3) is 3.05. The van der Waals surface area contributed by atoms with Gasteiger partial charge in [0, 0.05) is 21.9 Å². The molecule has 100 valence electrons. The molecule has 1 unspecified atom stereocenters. The van der Waals surface area contributed by atoms with Gasteiger partial charge in [0.1, 0.15) is 0 Å². The highest BCUT2D eigenvalue weighted by atomic mass is 79.9. The Morgan fingerprint density at radius 3 is 3.11 bits per heavy atom. The van der Waals surface area contributed by atoms with E-state index in [1.807, 2.05) is 17.4 Å². The third-order valence-electron chi connectivity index (χ3n) is 3.59. The Kier molecular flexibility index (Phi) is 4.27. The van der Waals surface area contributed by atoms with Crippen LogP contribution in [0, 0.1) is 0 Å². The second-order valence-corrected chi connectivity index (χ2v) is 7.14. The number of rotatable bonds is 3. The first-order valence-electron chi connectivity index (χ1n) is 6.47. The minimum atomic E-state index is 0.504. The van der Waals surface area contributed by atoms with Crippen molar-refractivity contribution in [1.29, 1.82) is 0 Å². The molecular weight excluding hydrogens is 342 g/mol. The van der Waals surface area contributed by atoms with Crippen molar-refractivity contribution in [1.82, 2.24) is 5.32 Å². The van der Waals surface area contributed by atoms with Crippen LogP contribution in [0.15, 0.2) is 34.1 Å². The highest BCUT2D eigenvalue weighted by Gasteiger charge is 2.20. The van der Waals surface area contributed by atoms with Crippen LogP contribution in [0.4, 0.5) is 0 Å². The lowest BCUT2D eigenvalue weighted by Gasteiger charge is -2.24. The zero-order chi connectivity index (χ0) is 13.2. The fourth-order valence-electron chi connectivity index (χ4n) is 2.59. The topological polar surface area (TPSA) is 12.0 Å². The number of nitrogens with one attached hydrogen (secondary N) is 1. The van der Waals surface area contributed by atoms with Gasteiger partial charge in [-0.3, -0.25) is 0 Å². The average molecular weight is 357 g/mol. The fourth-order valence-corrected chi connectivity index (χ4v) is 4.12. The largest absolute Gasteiger partial charge is 0.306 e. The summed E-state index contributed by atoms with van der Waals surface area (Å²) >= 11 is 11.4. The monoisotopic (exact) mass is 355 g/mol. The summed E-state index contributed by atoms with van der Waals surface area (Å²) in [7, 11) is 0. The van der Waals surface area contributed by atoms with E-state index in [4.69, 9.17) is 11.6 Å². The van der Waals surface area contributed by atoms with E-state index < -0.39 is 0 Å². The van der Waals surface area contributed by atoms with Gasteiger partial charge in [0.2, 0.25) is 0 Å². The Morgan fingerprint density at radius 2 is 2.26 bits per heavy atom. The molecule has 0 saturated carbocycles. The lowest BCUT2D eigenvalue weighted by molar-refractivity contribution is 0.463. The van der Waals surface area contributed by atoms with Gasteiger partial charge in [-0.15, -0.1) is 11.3 Å². The number of benzene rings is 1. The Hall–Kier alpha value is -0.350. The van der Waals surface area contributed by atoms with E-state index in [-0.39, 0.29) is 0 Å². The summed E-state index contributed by atoms with van der Waals surface area (Å²) in [4.78, 5) is 1.56. The van der Waals surface area contributed by atoms with Gasteiger partial charge < -0.3 is 5.32 Å². The van der Waals surface area contributed by atoms with E-state index in [0.717, 1.165) is 16.0 Å². The van der Waals surface area contributed by atoms with Crippen molar-refractivity contribution in [3.63, 3.8) is 0 Å². The first-order valence-corrected chi connectivity index (χ1v) is 8.52. The van der Waals surface area contributed by atoms with Crippen LogP contribution in [0.1, 0.15) is 34.9 Å². The average Bonchev–Trinajstić information content (AvgIpc) is 2.89. The molecule has 1 atom stereocenters. The van der Waals surface area contributed by atoms with Crippen molar-refractivity contribution in [3.05, 3.63) is 55.1 Å². The van der Waals surface area contributed by atoms with Crippen molar-refractivity contribution < 1.29 is 0 Å². The van der Waals surface area contributed by atoms with Crippen molar-refractivity contribution in [2.24, 2.45) is 0 Å². The Labute approximate surface area is 131 Å². The van der Waals surface area contributed by atoms with Crippen LogP contribution in [-0.4, -0.2) is 0 Å². The quantitative estimate of drug-likeness (QED) is 0.783.